The molecular weight excluding hydrogens is 398 g/mol. The van der Waals surface area contributed by atoms with Gasteiger partial charge in [-0.05, 0) is 31.4 Å². The van der Waals surface area contributed by atoms with Crippen LogP contribution in [-0.2, 0) is 0 Å². The highest BCUT2D eigenvalue weighted by Crippen LogP contribution is 2.31. The zero-order chi connectivity index (χ0) is 22.5. The summed E-state index contributed by atoms with van der Waals surface area (Å²) in [4.78, 5) is 26.9. The minimum absolute atomic E-state index is 0.0500. The molecule has 2 amide bonds. The highest BCUT2D eigenvalue weighted by atomic mass is 16.2. The second kappa shape index (κ2) is 9.81. The molecule has 2 heterocycles. The number of rotatable bonds is 4. The van der Waals surface area contributed by atoms with E-state index in [2.05, 4.69) is 31.0 Å². The smallest absolute Gasteiger partial charge is 0.321 e. The monoisotopic (exact) mass is 429 g/mol. The first-order valence-corrected chi connectivity index (χ1v) is 11.3. The number of nitrogens with zero attached hydrogens (tertiary/aromatic N) is 4. The molecule has 4 rings (SSSR count). The van der Waals surface area contributed by atoms with E-state index >= 15 is 0 Å². The molecule has 0 radical (unpaired) electrons. The van der Waals surface area contributed by atoms with Gasteiger partial charge in [-0.15, -0.1) is 0 Å². The Balaban J connectivity index is 1.56. The van der Waals surface area contributed by atoms with Crippen LogP contribution in [0.2, 0.25) is 0 Å². The number of nitrogens with one attached hydrogen (secondary N) is 1. The normalized spacial score (nSPS) is 14.4. The van der Waals surface area contributed by atoms with E-state index in [1.807, 2.05) is 65.6 Å². The van der Waals surface area contributed by atoms with Gasteiger partial charge in [0.25, 0.3) is 0 Å². The van der Waals surface area contributed by atoms with Crippen molar-refractivity contribution in [2.75, 3.05) is 36.4 Å². The molecule has 0 bridgehead atoms. The van der Waals surface area contributed by atoms with Gasteiger partial charge in [0.1, 0.15) is 5.82 Å². The van der Waals surface area contributed by atoms with Crippen molar-refractivity contribution >= 4 is 17.5 Å². The molecule has 0 spiro atoms. The highest BCUT2D eigenvalue weighted by Gasteiger charge is 2.24. The first-order valence-electron chi connectivity index (χ1n) is 11.3. The lowest BCUT2D eigenvalue weighted by Crippen LogP contribution is -2.38. The standard InChI is InChI=1S/C26H31N5O/c1-19(2)23-20(3)27-24(21-11-6-4-7-12-21)29-25(23)30-15-10-16-31(18-17-30)26(32)28-22-13-8-5-9-14-22/h4-9,11-14,19H,10,15-18H2,1-3H3,(H,28,32). The number of anilines is 2. The molecule has 166 valence electrons. The molecule has 32 heavy (non-hydrogen) atoms. The third-order valence-corrected chi connectivity index (χ3v) is 5.83. The van der Waals surface area contributed by atoms with Gasteiger partial charge in [-0.25, -0.2) is 14.8 Å². The molecule has 0 saturated carbocycles. The van der Waals surface area contributed by atoms with Gasteiger partial charge in [0.15, 0.2) is 5.82 Å². The molecule has 0 aliphatic carbocycles. The summed E-state index contributed by atoms with van der Waals surface area (Å²) in [6.07, 6.45) is 0.892. The van der Waals surface area contributed by atoms with Crippen molar-refractivity contribution in [3.05, 3.63) is 71.9 Å². The Labute approximate surface area is 190 Å². The van der Waals surface area contributed by atoms with E-state index in [0.29, 0.717) is 12.5 Å². The maximum Gasteiger partial charge on any atom is 0.321 e. The maximum atomic E-state index is 12.8. The van der Waals surface area contributed by atoms with Crippen LogP contribution in [0, 0.1) is 6.92 Å². The fraction of sp³-hybridized carbons (Fsp3) is 0.346. The molecule has 1 aromatic heterocycles. The number of carbonyl (C=O) groups is 1. The van der Waals surface area contributed by atoms with E-state index in [1.165, 1.54) is 5.56 Å². The lowest BCUT2D eigenvalue weighted by Gasteiger charge is -2.27. The Morgan fingerprint density at radius 2 is 1.59 bits per heavy atom. The topological polar surface area (TPSA) is 61.4 Å². The van der Waals surface area contributed by atoms with Crippen LogP contribution < -0.4 is 10.2 Å². The van der Waals surface area contributed by atoms with Gasteiger partial charge in [-0.2, -0.15) is 0 Å². The Morgan fingerprint density at radius 1 is 0.906 bits per heavy atom. The Bertz CT molecular complexity index is 1050. The Morgan fingerprint density at radius 3 is 2.28 bits per heavy atom. The van der Waals surface area contributed by atoms with Crippen LogP contribution in [-0.4, -0.2) is 47.1 Å². The number of benzene rings is 2. The number of para-hydroxylation sites is 1. The average Bonchev–Trinajstić information content (AvgIpc) is 3.06. The van der Waals surface area contributed by atoms with Crippen molar-refractivity contribution < 1.29 is 4.79 Å². The first kappa shape index (κ1) is 21.8. The van der Waals surface area contributed by atoms with Gasteiger partial charge in [-0.1, -0.05) is 62.4 Å². The summed E-state index contributed by atoms with van der Waals surface area (Å²) < 4.78 is 0. The lowest BCUT2D eigenvalue weighted by atomic mass is 10.0. The van der Waals surface area contributed by atoms with Crippen LogP contribution in [0.1, 0.15) is 37.4 Å². The molecule has 3 aromatic rings. The van der Waals surface area contributed by atoms with Crippen molar-refractivity contribution in [2.24, 2.45) is 0 Å². The van der Waals surface area contributed by atoms with E-state index in [0.717, 1.165) is 54.6 Å². The summed E-state index contributed by atoms with van der Waals surface area (Å²) in [6, 6.07) is 19.7. The number of aromatic nitrogens is 2. The van der Waals surface area contributed by atoms with E-state index < -0.39 is 0 Å². The summed E-state index contributed by atoms with van der Waals surface area (Å²) >= 11 is 0. The van der Waals surface area contributed by atoms with Crippen molar-refractivity contribution in [1.29, 1.82) is 0 Å². The predicted molar refractivity (Wildman–Crippen MR) is 130 cm³/mol. The number of hydrogen-bond acceptors (Lipinski definition) is 4. The van der Waals surface area contributed by atoms with Crippen molar-refractivity contribution in [2.45, 2.75) is 33.1 Å². The summed E-state index contributed by atoms with van der Waals surface area (Å²) in [7, 11) is 0. The number of amides is 2. The molecule has 1 aliphatic heterocycles. The van der Waals surface area contributed by atoms with E-state index in [-0.39, 0.29) is 6.03 Å². The predicted octanol–water partition coefficient (Wildman–Crippen LogP) is 5.32. The number of aryl methyl sites for hydroxylation is 1. The quantitative estimate of drug-likeness (QED) is 0.610. The van der Waals surface area contributed by atoms with Gasteiger partial charge >= 0.3 is 6.03 Å². The minimum atomic E-state index is -0.0500. The molecule has 2 aromatic carbocycles. The molecule has 0 unspecified atom stereocenters. The van der Waals surface area contributed by atoms with Crippen LogP contribution in [0.3, 0.4) is 0 Å². The van der Waals surface area contributed by atoms with Gasteiger partial charge in [-0.3, -0.25) is 0 Å². The highest BCUT2D eigenvalue weighted by molar-refractivity contribution is 5.89. The summed E-state index contributed by atoms with van der Waals surface area (Å²) in [5.41, 5.74) is 4.05. The molecule has 1 N–H and O–H groups in total. The zero-order valence-corrected chi connectivity index (χ0v) is 19.1. The SMILES string of the molecule is Cc1nc(-c2ccccc2)nc(N2CCCN(C(=O)Nc3ccccc3)CC2)c1C(C)C. The maximum absolute atomic E-state index is 12.8. The fourth-order valence-electron chi connectivity index (χ4n) is 4.26. The second-order valence-electron chi connectivity index (χ2n) is 8.51. The minimum Gasteiger partial charge on any atom is -0.354 e. The molecule has 1 aliphatic rings. The van der Waals surface area contributed by atoms with Gasteiger partial charge in [0, 0.05) is 48.7 Å². The largest absolute Gasteiger partial charge is 0.354 e. The van der Waals surface area contributed by atoms with Crippen molar-refractivity contribution in [1.82, 2.24) is 14.9 Å². The molecular formula is C26H31N5O. The zero-order valence-electron chi connectivity index (χ0n) is 19.1. The third kappa shape index (κ3) is 4.90. The molecule has 6 heteroatoms. The Kier molecular flexibility index (Phi) is 6.69. The van der Waals surface area contributed by atoms with Crippen LogP contribution >= 0.6 is 0 Å². The number of urea groups is 1. The molecule has 1 saturated heterocycles. The first-order chi connectivity index (χ1) is 15.5. The van der Waals surface area contributed by atoms with Crippen LogP contribution in [0.5, 0.6) is 0 Å². The van der Waals surface area contributed by atoms with Gasteiger partial charge in [0.2, 0.25) is 0 Å². The number of carbonyl (C=O) groups excluding carboxylic acids is 1. The second-order valence-corrected chi connectivity index (χ2v) is 8.51. The van der Waals surface area contributed by atoms with E-state index in [4.69, 9.17) is 9.97 Å². The third-order valence-electron chi connectivity index (χ3n) is 5.83. The van der Waals surface area contributed by atoms with Crippen molar-refractivity contribution in [3.8, 4) is 11.4 Å². The molecule has 1 fully saturated rings. The van der Waals surface area contributed by atoms with Crippen LogP contribution in [0.25, 0.3) is 11.4 Å². The van der Waals surface area contributed by atoms with E-state index in [9.17, 15) is 4.79 Å². The van der Waals surface area contributed by atoms with E-state index in [1.54, 1.807) is 0 Å². The van der Waals surface area contributed by atoms with Crippen LogP contribution in [0.15, 0.2) is 60.7 Å². The fourth-order valence-corrected chi connectivity index (χ4v) is 4.26. The lowest BCUT2D eigenvalue weighted by molar-refractivity contribution is 0.215. The summed E-state index contributed by atoms with van der Waals surface area (Å²) in [6.45, 7) is 9.43. The number of hydrogen-bond donors (Lipinski definition) is 1. The summed E-state index contributed by atoms with van der Waals surface area (Å²) in [5.74, 6) is 2.07. The Hall–Kier alpha value is -3.41. The van der Waals surface area contributed by atoms with Gasteiger partial charge in [0.05, 0.1) is 0 Å². The summed E-state index contributed by atoms with van der Waals surface area (Å²) in [5, 5.41) is 3.01. The molecule has 0 atom stereocenters. The average molecular weight is 430 g/mol. The van der Waals surface area contributed by atoms with Crippen LogP contribution in [0.4, 0.5) is 16.3 Å². The van der Waals surface area contributed by atoms with Crippen molar-refractivity contribution in [3.63, 3.8) is 0 Å². The molecule has 6 nitrogen and oxygen atoms in total. The van der Waals surface area contributed by atoms with Gasteiger partial charge < -0.3 is 15.1 Å².